The molecule has 0 amide bonds. The van der Waals surface area contributed by atoms with Crippen LogP contribution < -0.4 is 0 Å². The smallest absolute Gasteiger partial charge is 0.0649 e. The van der Waals surface area contributed by atoms with Crippen LogP contribution in [0.25, 0.3) is 0 Å². The van der Waals surface area contributed by atoms with Crippen LogP contribution in [0.5, 0.6) is 0 Å². The van der Waals surface area contributed by atoms with Crippen LogP contribution in [0, 0.1) is 0 Å². The van der Waals surface area contributed by atoms with E-state index in [1.165, 1.54) is 6.21 Å². The van der Waals surface area contributed by atoms with Crippen molar-refractivity contribution < 1.29 is 5.21 Å². The van der Waals surface area contributed by atoms with Gasteiger partial charge in [0.15, 0.2) is 0 Å². The van der Waals surface area contributed by atoms with E-state index in [0.717, 1.165) is 15.7 Å². The van der Waals surface area contributed by atoms with Gasteiger partial charge in [0.05, 0.1) is 17.8 Å². The number of nitrogens with zero attached hydrogens (tertiary/aromatic N) is 2. The summed E-state index contributed by atoms with van der Waals surface area (Å²) in [4.78, 5) is 4.29. The van der Waals surface area contributed by atoms with Crippen LogP contribution >= 0.6 is 27.5 Å². The Bertz CT molecular complexity index is 557. The Labute approximate surface area is 118 Å². The Balaban J connectivity index is 2.42. The van der Waals surface area contributed by atoms with E-state index in [0.29, 0.717) is 5.02 Å². The summed E-state index contributed by atoms with van der Waals surface area (Å²) in [5.41, 5.74) is 1.76. The van der Waals surface area contributed by atoms with E-state index in [1.807, 2.05) is 24.3 Å². The van der Waals surface area contributed by atoms with Gasteiger partial charge in [-0.3, -0.25) is 4.98 Å². The average Bonchev–Trinajstić information content (AvgIpc) is 2.37. The van der Waals surface area contributed by atoms with E-state index in [2.05, 4.69) is 26.1 Å². The molecule has 1 N–H and O–H groups in total. The van der Waals surface area contributed by atoms with E-state index in [4.69, 9.17) is 16.8 Å². The van der Waals surface area contributed by atoms with Gasteiger partial charge in [0.1, 0.15) is 0 Å². The molecule has 1 heterocycles. The lowest BCUT2D eigenvalue weighted by Gasteiger charge is -2.11. The zero-order valence-electron chi connectivity index (χ0n) is 9.29. The van der Waals surface area contributed by atoms with Crippen LogP contribution in [0.4, 0.5) is 0 Å². The van der Waals surface area contributed by atoms with Gasteiger partial charge in [-0.2, -0.15) is 0 Å². The highest BCUT2D eigenvalue weighted by Crippen LogP contribution is 2.24. The van der Waals surface area contributed by atoms with Gasteiger partial charge in [-0.05, 0) is 29.8 Å². The first-order chi connectivity index (χ1) is 8.70. The zero-order valence-corrected chi connectivity index (χ0v) is 11.6. The van der Waals surface area contributed by atoms with E-state index < -0.39 is 0 Å². The number of rotatable bonds is 3. The number of hydrogen-bond acceptors (Lipinski definition) is 3. The van der Waals surface area contributed by atoms with Crippen LogP contribution in [0.2, 0.25) is 5.02 Å². The summed E-state index contributed by atoms with van der Waals surface area (Å²) in [7, 11) is 0. The predicted octanol–water partition coefficient (Wildman–Crippen LogP) is 4.09. The fourth-order valence-corrected chi connectivity index (χ4v) is 2.14. The molecule has 0 spiro atoms. The van der Waals surface area contributed by atoms with Crippen molar-refractivity contribution in [3.05, 3.63) is 63.3 Å². The highest BCUT2D eigenvalue weighted by Gasteiger charge is 2.13. The first-order valence-electron chi connectivity index (χ1n) is 5.25. The molecule has 1 aromatic carbocycles. The van der Waals surface area contributed by atoms with Crippen molar-refractivity contribution >= 4 is 33.7 Å². The molecule has 18 heavy (non-hydrogen) atoms. The maximum atomic E-state index is 8.79. The van der Waals surface area contributed by atoms with Crippen LogP contribution in [0.3, 0.4) is 0 Å². The Morgan fingerprint density at radius 1 is 1.28 bits per heavy atom. The summed E-state index contributed by atoms with van der Waals surface area (Å²) in [6.07, 6.45) is 3.14. The Morgan fingerprint density at radius 3 is 2.61 bits per heavy atom. The fourth-order valence-electron chi connectivity index (χ4n) is 1.66. The van der Waals surface area contributed by atoms with Crippen molar-refractivity contribution in [1.29, 1.82) is 0 Å². The normalized spacial score (nSPS) is 12.8. The van der Waals surface area contributed by atoms with Gasteiger partial charge in [0.25, 0.3) is 0 Å². The summed E-state index contributed by atoms with van der Waals surface area (Å²) in [5.74, 6) is -0.204. The minimum absolute atomic E-state index is 0.204. The Hall–Kier alpha value is -1.39. The van der Waals surface area contributed by atoms with Crippen molar-refractivity contribution in [2.24, 2.45) is 5.16 Å². The minimum atomic E-state index is -0.204. The third-order valence-corrected chi connectivity index (χ3v) is 3.25. The lowest BCUT2D eigenvalue weighted by molar-refractivity contribution is 0.320. The summed E-state index contributed by atoms with van der Waals surface area (Å²) in [6, 6.07) is 11.1. The molecule has 0 aliphatic carbocycles. The SMILES string of the molecule is ON=CC(c1ccc(Cl)cc1)c1cc(Br)ccn1. The quantitative estimate of drug-likeness (QED) is 0.525. The molecule has 1 unspecified atom stereocenters. The predicted molar refractivity (Wildman–Crippen MR) is 75.5 cm³/mol. The number of benzene rings is 1. The molecule has 0 saturated heterocycles. The van der Waals surface area contributed by atoms with Crippen molar-refractivity contribution in [3.8, 4) is 0 Å². The third-order valence-electron chi connectivity index (χ3n) is 2.51. The van der Waals surface area contributed by atoms with Crippen LogP contribution in [-0.2, 0) is 0 Å². The largest absolute Gasteiger partial charge is 0.411 e. The highest BCUT2D eigenvalue weighted by atomic mass is 79.9. The topological polar surface area (TPSA) is 45.5 Å². The molecule has 3 nitrogen and oxygen atoms in total. The number of oxime groups is 1. The molecule has 0 aliphatic rings. The number of aromatic nitrogens is 1. The summed E-state index contributed by atoms with van der Waals surface area (Å²) < 4.78 is 0.929. The van der Waals surface area contributed by atoms with Crippen LogP contribution in [0.15, 0.2) is 52.2 Å². The van der Waals surface area contributed by atoms with E-state index in [-0.39, 0.29) is 5.92 Å². The monoisotopic (exact) mass is 324 g/mol. The van der Waals surface area contributed by atoms with Crippen LogP contribution in [0.1, 0.15) is 17.2 Å². The van der Waals surface area contributed by atoms with E-state index in [9.17, 15) is 0 Å². The number of pyridine rings is 1. The maximum Gasteiger partial charge on any atom is 0.0649 e. The van der Waals surface area contributed by atoms with Gasteiger partial charge in [-0.25, -0.2) is 0 Å². The molecule has 2 rings (SSSR count). The lowest BCUT2D eigenvalue weighted by Crippen LogP contribution is -2.05. The standard InChI is InChI=1S/C13H10BrClN2O/c14-10-5-6-16-13(7-10)12(8-17-18)9-1-3-11(15)4-2-9/h1-8,12,18H. The molecule has 5 heteroatoms. The summed E-state index contributed by atoms with van der Waals surface area (Å²) >= 11 is 9.26. The van der Waals surface area contributed by atoms with Gasteiger partial charge in [0.2, 0.25) is 0 Å². The molecule has 0 saturated carbocycles. The Morgan fingerprint density at radius 2 is 2.00 bits per heavy atom. The maximum absolute atomic E-state index is 8.79. The van der Waals surface area contributed by atoms with E-state index >= 15 is 0 Å². The second-order valence-electron chi connectivity index (χ2n) is 3.69. The van der Waals surface area contributed by atoms with Crippen molar-refractivity contribution in [3.63, 3.8) is 0 Å². The molecule has 0 aliphatic heterocycles. The van der Waals surface area contributed by atoms with E-state index in [1.54, 1.807) is 18.3 Å². The molecule has 1 atom stereocenters. The highest BCUT2D eigenvalue weighted by molar-refractivity contribution is 9.10. The van der Waals surface area contributed by atoms with Gasteiger partial charge in [0, 0.05) is 15.7 Å². The minimum Gasteiger partial charge on any atom is -0.411 e. The molecular weight excluding hydrogens is 316 g/mol. The first kappa shape index (κ1) is 13.1. The Kier molecular flexibility index (Phi) is 4.33. The zero-order chi connectivity index (χ0) is 13.0. The fraction of sp³-hybridized carbons (Fsp3) is 0.0769. The van der Waals surface area contributed by atoms with Gasteiger partial charge in [-0.15, -0.1) is 5.16 Å². The van der Waals surface area contributed by atoms with Crippen molar-refractivity contribution in [2.75, 3.05) is 0 Å². The molecule has 0 radical (unpaired) electrons. The lowest BCUT2D eigenvalue weighted by atomic mass is 9.96. The molecule has 0 bridgehead atoms. The molecular formula is C13H10BrClN2O. The summed E-state index contributed by atoms with van der Waals surface area (Å²) in [6.45, 7) is 0. The van der Waals surface area contributed by atoms with Crippen LogP contribution in [-0.4, -0.2) is 16.4 Å². The number of hydrogen-bond donors (Lipinski definition) is 1. The molecule has 1 aromatic heterocycles. The van der Waals surface area contributed by atoms with Gasteiger partial charge in [-0.1, -0.05) is 39.7 Å². The van der Waals surface area contributed by atoms with Crippen molar-refractivity contribution in [2.45, 2.75) is 5.92 Å². The van der Waals surface area contributed by atoms with Crippen molar-refractivity contribution in [1.82, 2.24) is 4.98 Å². The van der Waals surface area contributed by atoms with Gasteiger partial charge >= 0.3 is 0 Å². The molecule has 0 fully saturated rings. The number of halogens is 2. The second-order valence-corrected chi connectivity index (χ2v) is 5.04. The molecule has 2 aromatic rings. The average molecular weight is 326 g/mol. The van der Waals surface area contributed by atoms with Gasteiger partial charge < -0.3 is 5.21 Å². The molecule has 92 valence electrons. The third kappa shape index (κ3) is 3.09. The first-order valence-corrected chi connectivity index (χ1v) is 6.42. The summed E-state index contributed by atoms with van der Waals surface area (Å²) in [5, 5.41) is 12.6. The second kappa shape index (κ2) is 5.98.